The molecular formula is C17H34NO4+. The molecule has 22 heavy (non-hydrogen) atoms. The Hall–Kier alpha value is -1.10. The lowest BCUT2D eigenvalue weighted by Crippen LogP contribution is -2.37. The molecule has 0 rings (SSSR count). The zero-order valence-corrected chi connectivity index (χ0v) is 14.6. The second-order valence-electron chi connectivity index (χ2n) is 6.96. The van der Waals surface area contributed by atoms with Crippen molar-refractivity contribution in [2.75, 3.05) is 34.3 Å². The van der Waals surface area contributed by atoms with Gasteiger partial charge in [-0.15, -0.1) is 0 Å². The molecule has 0 aromatic carbocycles. The first-order valence-electron chi connectivity index (χ1n) is 8.49. The van der Waals surface area contributed by atoms with Crippen molar-refractivity contribution in [3.63, 3.8) is 0 Å². The summed E-state index contributed by atoms with van der Waals surface area (Å²) >= 11 is 0. The molecule has 1 N–H and O–H groups in total. The summed E-state index contributed by atoms with van der Waals surface area (Å²) in [6, 6.07) is 0. The molecule has 5 heteroatoms. The SMILES string of the molecule is C[N+](C)(C)CCOC(=O)CCCCCCCCCCC(=O)O. The molecule has 0 bridgehead atoms. The van der Waals surface area contributed by atoms with Gasteiger partial charge >= 0.3 is 11.9 Å². The van der Waals surface area contributed by atoms with Gasteiger partial charge in [-0.2, -0.15) is 0 Å². The van der Waals surface area contributed by atoms with Gasteiger partial charge in [0.1, 0.15) is 13.2 Å². The molecule has 0 saturated heterocycles. The molecule has 0 aliphatic heterocycles. The Bertz CT molecular complexity index is 310. The molecule has 5 nitrogen and oxygen atoms in total. The van der Waals surface area contributed by atoms with Crippen LogP contribution in [0.1, 0.15) is 64.2 Å². The fraction of sp³-hybridized carbons (Fsp3) is 0.882. The van der Waals surface area contributed by atoms with Gasteiger partial charge in [0, 0.05) is 12.8 Å². The second kappa shape index (κ2) is 12.4. The summed E-state index contributed by atoms with van der Waals surface area (Å²) in [7, 11) is 6.24. The minimum absolute atomic E-state index is 0.0814. The number of carboxylic acids is 1. The van der Waals surface area contributed by atoms with Crippen LogP contribution in [0.3, 0.4) is 0 Å². The van der Waals surface area contributed by atoms with E-state index < -0.39 is 5.97 Å². The Labute approximate surface area is 135 Å². The van der Waals surface area contributed by atoms with E-state index in [1.165, 1.54) is 6.42 Å². The molecule has 0 aromatic heterocycles. The Morgan fingerprint density at radius 1 is 0.818 bits per heavy atom. The maximum atomic E-state index is 11.5. The summed E-state index contributed by atoms with van der Waals surface area (Å²) in [4.78, 5) is 21.9. The van der Waals surface area contributed by atoms with E-state index in [4.69, 9.17) is 9.84 Å². The number of hydrogen-bond donors (Lipinski definition) is 1. The van der Waals surface area contributed by atoms with Crippen LogP contribution in [0.5, 0.6) is 0 Å². The van der Waals surface area contributed by atoms with Gasteiger partial charge in [0.2, 0.25) is 0 Å². The Balaban J connectivity index is 3.25. The van der Waals surface area contributed by atoms with Crippen LogP contribution in [0.25, 0.3) is 0 Å². The minimum Gasteiger partial charge on any atom is -0.481 e. The zero-order chi connectivity index (χ0) is 16.8. The first-order chi connectivity index (χ1) is 10.3. The summed E-state index contributed by atoms with van der Waals surface area (Å²) in [6.07, 6.45) is 9.16. The smallest absolute Gasteiger partial charge is 0.305 e. The molecule has 0 radical (unpaired) electrons. The van der Waals surface area contributed by atoms with Crippen LogP contribution in [0.2, 0.25) is 0 Å². The Kier molecular flexibility index (Phi) is 11.8. The third kappa shape index (κ3) is 17.0. The fourth-order valence-corrected chi connectivity index (χ4v) is 2.11. The molecule has 0 aliphatic carbocycles. The molecule has 0 spiro atoms. The van der Waals surface area contributed by atoms with Gasteiger partial charge in [0.25, 0.3) is 0 Å². The molecule has 0 amide bonds. The maximum Gasteiger partial charge on any atom is 0.305 e. The van der Waals surface area contributed by atoms with Crippen LogP contribution in [-0.4, -0.2) is 55.8 Å². The summed E-state index contributed by atoms with van der Waals surface area (Å²) in [5, 5.41) is 8.51. The van der Waals surface area contributed by atoms with Crippen LogP contribution in [-0.2, 0) is 14.3 Å². The van der Waals surface area contributed by atoms with Crippen molar-refractivity contribution < 1.29 is 23.9 Å². The van der Waals surface area contributed by atoms with Gasteiger partial charge in [-0.25, -0.2) is 0 Å². The van der Waals surface area contributed by atoms with Gasteiger partial charge in [0.15, 0.2) is 0 Å². The number of esters is 1. The van der Waals surface area contributed by atoms with Crippen molar-refractivity contribution in [3.8, 4) is 0 Å². The molecule has 0 atom stereocenters. The maximum absolute atomic E-state index is 11.5. The third-order valence-electron chi connectivity index (χ3n) is 3.55. The summed E-state index contributed by atoms with van der Waals surface area (Å²) in [5.74, 6) is -0.782. The Morgan fingerprint density at radius 2 is 1.27 bits per heavy atom. The van der Waals surface area contributed by atoms with Gasteiger partial charge in [-0.3, -0.25) is 9.59 Å². The highest BCUT2D eigenvalue weighted by molar-refractivity contribution is 5.69. The van der Waals surface area contributed by atoms with Crippen molar-refractivity contribution in [3.05, 3.63) is 0 Å². The second-order valence-corrected chi connectivity index (χ2v) is 6.96. The standard InChI is InChI=1S/C17H33NO4/c1-18(2,3)14-15-22-17(21)13-11-9-7-5-4-6-8-10-12-16(19)20/h4-15H2,1-3H3/p+1. The predicted molar refractivity (Wildman–Crippen MR) is 87.7 cm³/mol. The first kappa shape index (κ1) is 20.9. The number of likely N-dealkylation sites (N-methyl/N-ethyl adjacent to an activating group) is 1. The molecule has 0 aliphatic rings. The number of carbonyl (C=O) groups excluding carboxylic acids is 1. The first-order valence-corrected chi connectivity index (χ1v) is 8.49. The number of carboxylic acid groups (broad SMARTS) is 1. The number of unbranched alkanes of at least 4 members (excludes halogenated alkanes) is 7. The quantitative estimate of drug-likeness (QED) is 0.304. The molecule has 0 heterocycles. The van der Waals surface area contributed by atoms with Gasteiger partial charge in [-0.05, 0) is 12.8 Å². The number of carbonyl (C=O) groups is 2. The minimum atomic E-state index is -0.701. The number of nitrogens with zero attached hydrogens (tertiary/aromatic N) is 1. The van der Waals surface area contributed by atoms with E-state index >= 15 is 0 Å². The number of rotatable bonds is 14. The molecule has 0 saturated carbocycles. The van der Waals surface area contributed by atoms with Crippen LogP contribution in [0, 0.1) is 0 Å². The highest BCUT2D eigenvalue weighted by Gasteiger charge is 2.09. The van der Waals surface area contributed by atoms with E-state index in [0.29, 0.717) is 13.0 Å². The van der Waals surface area contributed by atoms with Crippen molar-refractivity contribution in [2.45, 2.75) is 64.2 Å². The van der Waals surface area contributed by atoms with E-state index in [-0.39, 0.29) is 12.4 Å². The van der Waals surface area contributed by atoms with E-state index in [0.717, 1.165) is 56.0 Å². The van der Waals surface area contributed by atoms with Crippen LogP contribution >= 0.6 is 0 Å². The number of hydrogen-bond acceptors (Lipinski definition) is 3. The summed E-state index contributed by atoms with van der Waals surface area (Å²) < 4.78 is 6.01. The molecule has 0 fully saturated rings. The monoisotopic (exact) mass is 316 g/mol. The van der Waals surface area contributed by atoms with Crippen LogP contribution in [0.4, 0.5) is 0 Å². The van der Waals surface area contributed by atoms with Gasteiger partial charge < -0.3 is 14.3 Å². The summed E-state index contributed by atoms with van der Waals surface area (Å²) in [5.41, 5.74) is 0. The normalized spacial score (nSPS) is 11.4. The average Bonchev–Trinajstić information content (AvgIpc) is 2.39. The Morgan fingerprint density at radius 3 is 1.73 bits per heavy atom. The molecule has 130 valence electrons. The van der Waals surface area contributed by atoms with Crippen LogP contribution in [0.15, 0.2) is 0 Å². The predicted octanol–water partition coefficient (Wildman–Crippen LogP) is 3.22. The summed E-state index contributed by atoms with van der Waals surface area (Å²) in [6.45, 7) is 1.34. The van der Waals surface area contributed by atoms with E-state index in [2.05, 4.69) is 21.1 Å². The highest BCUT2D eigenvalue weighted by Crippen LogP contribution is 2.11. The largest absolute Gasteiger partial charge is 0.481 e. The van der Waals surface area contributed by atoms with Gasteiger partial charge in [0.05, 0.1) is 21.1 Å². The van der Waals surface area contributed by atoms with Crippen molar-refractivity contribution in [2.24, 2.45) is 0 Å². The van der Waals surface area contributed by atoms with E-state index in [1.807, 2.05) is 0 Å². The van der Waals surface area contributed by atoms with E-state index in [9.17, 15) is 9.59 Å². The molecular weight excluding hydrogens is 282 g/mol. The van der Waals surface area contributed by atoms with Crippen LogP contribution < -0.4 is 0 Å². The lowest BCUT2D eigenvalue weighted by molar-refractivity contribution is -0.870. The average molecular weight is 316 g/mol. The van der Waals surface area contributed by atoms with Crippen molar-refractivity contribution in [1.29, 1.82) is 0 Å². The van der Waals surface area contributed by atoms with E-state index in [1.54, 1.807) is 0 Å². The van der Waals surface area contributed by atoms with Crippen molar-refractivity contribution >= 4 is 11.9 Å². The topological polar surface area (TPSA) is 63.6 Å². The van der Waals surface area contributed by atoms with Crippen molar-refractivity contribution in [1.82, 2.24) is 0 Å². The third-order valence-corrected chi connectivity index (χ3v) is 3.55. The molecule has 0 aromatic rings. The fourth-order valence-electron chi connectivity index (χ4n) is 2.11. The number of aliphatic carboxylic acids is 1. The lowest BCUT2D eigenvalue weighted by atomic mass is 10.1. The highest BCUT2D eigenvalue weighted by atomic mass is 16.5. The van der Waals surface area contributed by atoms with Gasteiger partial charge in [-0.1, -0.05) is 38.5 Å². The number of ether oxygens (including phenoxy) is 1. The molecule has 0 unspecified atom stereocenters. The number of quaternary nitrogens is 1. The lowest BCUT2D eigenvalue weighted by Gasteiger charge is -2.23. The zero-order valence-electron chi connectivity index (χ0n) is 14.6.